The van der Waals surface area contributed by atoms with Gasteiger partial charge in [-0.25, -0.2) is 4.98 Å². The van der Waals surface area contributed by atoms with Crippen LogP contribution in [0.25, 0.3) is 6.08 Å². The van der Waals surface area contributed by atoms with Crippen molar-refractivity contribution in [3.05, 3.63) is 87.9 Å². The number of ether oxygens (including phenoxy) is 1. The third-order valence-corrected chi connectivity index (χ3v) is 7.67. The predicted molar refractivity (Wildman–Crippen MR) is 162 cm³/mol. The molecular formula is C30H34ClN5O4S. The van der Waals surface area contributed by atoms with E-state index in [2.05, 4.69) is 39.5 Å². The third-order valence-electron chi connectivity index (χ3n) is 6.61. The monoisotopic (exact) mass is 595 g/mol. The van der Waals surface area contributed by atoms with E-state index in [9.17, 15) is 14.4 Å². The molecule has 1 aliphatic rings. The van der Waals surface area contributed by atoms with Crippen molar-refractivity contribution in [2.45, 2.75) is 6.42 Å². The van der Waals surface area contributed by atoms with Gasteiger partial charge >= 0.3 is 0 Å². The number of hydrogen-bond acceptors (Lipinski definition) is 7. The van der Waals surface area contributed by atoms with Crippen molar-refractivity contribution < 1.29 is 19.1 Å². The molecule has 2 heterocycles. The van der Waals surface area contributed by atoms with E-state index in [1.807, 2.05) is 23.1 Å². The van der Waals surface area contributed by atoms with Crippen LogP contribution in [-0.2, 0) is 20.7 Å². The van der Waals surface area contributed by atoms with Gasteiger partial charge in [-0.2, -0.15) is 0 Å². The van der Waals surface area contributed by atoms with E-state index in [0.29, 0.717) is 34.5 Å². The maximum Gasteiger partial charge on any atom is 0.254 e. The fourth-order valence-electron chi connectivity index (χ4n) is 4.36. The first-order valence-electron chi connectivity index (χ1n) is 13.4. The molecule has 3 amide bonds. The number of nitrogens with one attached hydrogen (secondary N) is 1. The average molecular weight is 596 g/mol. The molecule has 0 spiro atoms. The standard InChI is InChI=1S/C30H34ClN5O4S/c1-40-19-18-36(29(39)24-9-11-25(31)12-10-24)21-27(37)33-30-32-26(22-41-30)20-28(38)35-16-14-34(15-17-35)13-5-8-23-6-3-2-4-7-23/h2-12,22H,13-21H2,1H3,(H,32,33,37)/b8-5+. The Bertz CT molecular complexity index is 1320. The van der Waals surface area contributed by atoms with Gasteiger partial charge in [0.15, 0.2) is 5.13 Å². The zero-order valence-electron chi connectivity index (χ0n) is 23.0. The van der Waals surface area contributed by atoms with Crippen LogP contribution in [0.15, 0.2) is 66.1 Å². The highest BCUT2D eigenvalue weighted by Gasteiger charge is 2.22. The minimum Gasteiger partial charge on any atom is -0.383 e. The van der Waals surface area contributed by atoms with Crippen LogP contribution in [0.1, 0.15) is 21.6 Å². The molecule has 1 N–H and O–H groups in total. The number of aromatic nitrogens is 1. The van der Waals surface area contributed by atoms with Gasteiger partial charge in [-0.05, 0) is 29.8 Å². The molecule has 2 aromatic carbocycles. The van der Waals surface area contributed by atoms with Crippen LogP contribution in [0.2, 0.25) is 5.02 Å². The lowest BCUT2D eigenvalue weighted by Crippen LogP contribution is -2.49. The van der Waals surface area contributed by atoms with Crippen LogP contribution >= 0.6 is 22.9 Å². The molecule has 0 saturated carbocycles. The highest BCUT2D eigenvalue weighted by molar-refractivity contribution is 7.13. The smallest absolute Gasteiger partial charge is 0.254 e. The van der Waals surface area contributed by atoms with Gasteiger partial charge in [-0.3, -0.25) is 19.3 Å². The Morgan fingerprint density at radius 3 is 2.51 bits per heavy atom. The first-order valence-corrected chi connectivity index (χ1v) is 14.7. The Morgan fingerprint density at radius 2 is 1.80 bits per heavy atom. The zero-order chi connectivity index (χ0) is 29.0. The molecule has 9 nitrogen and oxygen atoms in total. The van der Waals surface area contributed by atoms with E-state index in [0.717, 1.165) is 19.6 Å². The van der Waals surface area contributed by atoms with Gasteiger partial charge in [-0.15, -0.1) is 11.3 Å². The number of hydrogen-bond donors (Lipinski definition) is 1. The summed E-state index contributed by atoms with van der Waals surface area (Å²) in [6.45, 7) is 4.20. The molecule has 4 rings (SSSR count). The van der Waals surface area contributed by atoms with Crippen LogP contribution < -0.4 is 5.32 Å². The highest BCUT2D eigenvalue weighted by atomic mass is 35.5. The Morgan fingerprint density at radius 1 is 1.07 bits per heavy atom. The van der Waals surface area contributed by atoms with Gasteiger partial charge < -0.3 is 19.9 Å². The number of anilines is 1. The van der Waals surface area contributed by atoms with Crippen LogP contribution in [0.3, 0.4) is 0 Å². The van der Waals surface area contributed by atoms with E-state index < -0.39 is 0 Å². The minimum atomic E-state index is -0.381. The number of piperazine rings is 1. The third kappa shape index (κ3) is 9.50. The van der Waals surface area contributed by atoms with Crippen LogP contribution in [0.5, 0.6) is 0 Å². The fraction of sp³-hybridized carbons (Fsp3) is 0.333. The average Bonchev–Trinajstić information content (AvgIpc) is 3.42. The van der Waals surface area contributed by atoms with Crippen molar-refractivity contribution in [1.82, 2.24) is 19.7 Å². The largest absolute Gasteiger partial charge is 0.383 e. The first kappa shape index (κ1) is 30.4. The SMILES string of the molecule is COCCN(CC(=O)Nc1nc(CC(=O)N2CCN(C/C=C/c3ccccc3)CC2)cs1)C(=O)c1ccc(Cl)cc1. The first-order chi connectivity index (χ1) is 19.9. The summed E-state index contributed by atoms with van der Waals surface area (Å²) in [7, 11) is 1.54. The van der Waals surface area contributed by atoms with Crippen molar-refractivity contribution in [2.24, 2.45) is 0 Å². The predicted octanol–water partition coefficient (Wildman–Crippen LogP) is 3.92. The summed E-state index contributed by atoms with van der Waals surface area (Å²) in [4.78, 5) is 48.6. The molecule has 11 heteroatoms. The normalized spacial score (nSPS) is 13.9. The molecule has 1 saturated heterocycles. The summed E-state index contributed by atoms with van der Waals surface area (Å²) >= 11 is 7.18. The van der Waals surface area contributed by atoms with E-state index in [1.165, 1.54) is 28.9 Å². The lowest BCUT2D eigenvalue weighted by Gasteiger charge is -2.34. The van der Waals surface area contributed by atoms with E-state index in [1.54, 1.807) is 29.6 Å². The number of amides is 3. The zero-order valence-corrected chi connectivity index (χ0v) is 24.6. The Balaban J connectivity index is 1.23. The summed E-state index contributed by atoms with van der Waals surface area (Å²) in [5, 5.41) is 5.44. The molecule has 41 heavy (non-hydrogen) atoms. The van der Waals surface area contributed by atoms with Crippen LogP contribution in [0.4, 0.5) is 5.13 Å². The summed E-state index contributed by atoms with van der Waals surface area (Å²) < 4.78 is 5.11. The van der Waals surface area contributed by atoms with Crippen LogP contribution in [0, 0.1) is 0 Å². The van der Waals surface area contributed by atoms with Crippen molar-refractivity contribution in [2.75, 3.05) is 64.8 Å². The number of halogens is 1. The molecule has 1 aromatic heterocycles. The number of methoxy groups -OCH3 is 1. The number of rotatable bonds is 12. The molecule has 1 aliphatic heterocycles. The summed E-state index contributed by atoms with van der Waals surface area (Å²) in [6.07, 6.45) is 4.45. The Hall–Kier alpha value is -3.57. The van der Waals surface area contributed by atoms with Gasteiger partial charge in [0.1, 0.15) is 6.54 Å². The number of benzene rings is 2. The van der Waals surface area contributed by atoms with Crippen molar-refractivity contribution in [3.8, 4) is 0 Å². The molecule has 0 aliphatic carbocycles. The summed E-state index contributed by atoms with van der Waals surface area (Å²) in [5.41, 5.74) is 2.21. The van der Waals surface area contributed by atoms with Crippen molar-refractivity contribution >= 4 is 51.9 Å². The molecule has 1 fully saturated rings. The lowest BCUT2D eigenvalue weighted by atomic mass is 10.2. The fourth-order valence-corrected chi connectivity index (χ4v) is 5.21. The van der Waals surface area contributed by atoms with Crippen molar-refractivity contribution in [3.63, 3.8) is 0 Å². The van der Waals surface area contributed by atoms with Gasteiger partial charge in [0.05, 0.1) is 18.7 Å². The quantitative estimate of drug-likeness (QED) is 0.341. The second-order valence-corrected chi connectivity index (χ2v) is 10.9. The second-order valence-electron chi connectivity index (χ2n) is 9.59. The number of nitrogens with zero attached hydrogens (tertiary/aromatic N) is 4. The van der Waals surface area contributed by atoms with E-state index in [-0.39, 0.29) is 43.8 Å². The highest BCUT2D eigenvalue weighted by Crippen LogP contribution is 2.18. The number of carbonyl (C=O) groups is 3. The summed E-state index contributed by atoms with van der Waals surface area (Å²) in [5.74, 6) is -0.661. The summed E-state index contributed by atoms with van der Waals surface area (Å²) in [6, 6.07) is 16.7. The molecule has 216 valence electrons. The molecular weight excluding hydrogens is 562 g/mol. The van der Waals surface area contributed by atoms with Gasteiger partial charge in [0.25, 0.3) is 5.91 Å². The minimum absolute atomic E-state index is 0.0203. The second kappa shape index (κ2) is 15.4. The van der Waals surface area contributed by atoms with Crippen molar-refractivity contribution in [1.29, 1.82) is 0 Å². The molecule has 0 atom stereocenters. The molecule has 0 unspecified atom stereocenters. The molecule has 3 aromatic rings. The molecule has 0 bridgehead atoms. The Labute approximate surface area is 249 Å². The topological polar surface area (TPSA) is 95.1 Å². The van der Waals surface area contributed by atoms with E-state index >= 15 is 0 Å². The maximum absolute atomic E-state index is 12.9. The number of thiazole rings is 1. The van der Waals surface area contributed by atoms with Gasteiger partial charge in [0.2, 0.25) is 11.8 Å². The molecule has 0 radical (unpaired) electrons. The Kier molecular flexibility index (Phi) is 11.4. The lowest BCUT2D eigenvalue weighted by molar-refractivity contribution is -0.132. The van der Waals surface area contributed by atoms with E-state index in [4.69, 9.17) is 16.3 Å². The maximum atomic E-state index is 12.9. The number of carbonyl (C=O) groups excluding carboxylic acids is 3. The van der Waals surface area contributed by atoms with Crippen LogP contribution in [-0.4, -0.2) is 96.9 Å². The van der Waals surface area contributed by atoms with Gasteiger partial charge in [-0.1, -0.05) is 54.1 Å². The van der Waals surface area contributed by atoms with Gasteiger partial charge in [0, 0.05) is 62.3 Å².